The Hall–Kier alpha value is -3.83. The van der Waals surface area contributed by atoms with Gasteiger partial charge in [0.05, 0.1) is 46.5 Å². The number of nitrogens with one attached hydrogen (secondary N) is 1. The van der Waals surface area contributed by atoms with E-state index in [9.17, 15) is 14.9 Å². The molecule has 1 saturated heterocycles. The topological polar surface area (TPSA) is 121 Å². The predicted molar refractivity (Wildman–Crippen MR) is 130 cm³/mol. The van der Waals surface area contributed by atoms with Crippen molar-refractivity contribution >= 4 is 40.0 Å². The average molecular weight is 478 g/mol. The summed E-state index contributed by atoms with van der Waals surface area (Å²) in [7, 11) is 1.55. The van der Waals surface area contributed by atoms with Gasteiger partial charge in [0.25, 0.3) is 5.91 Å². The van der Waals surface area contributed by atoms with E-state index in [0.717, 1.165) is 5.56 Å². The number of nitrogens with two attached hydrogens (primary N) is 1. The monoisotopic (exact) mass is 477 g/mol. The van der Waals surface area contributed by atoms with E-state index < -0.39 is 5.91 Å². The van der Waals surface area contributed by atoms with Crippen LogP contribution < -0.4 is 15.8 Å². The Bertz CT molecular complexity index is 1300. The number of hydrogen-bond donors (Lipinski definition) is 2. The summed E-state index contributed by atoms with van der Waals surface area (Å²) in [5.41, 5.74) is 8.43. The molecule has 0 spiro atoms. The molecule has 1 aliphatic rings. The number of rotatable bonds is 6. The van der Waals surface area contributed by atoms with Crippen LogP contribution in [0.3, 0.4) is 0 Å². The third-order valence-electron chi connectivity index (χ3n) is 6.02. The first-order valence-corrected chi connectivity index (χ1v) is 11.3. The molecule has 1 fully saturated rings. The molecule has 3 N–H and O–H groups in total. The number of nitriles is 1. The number of aromatic nitrogens is 1. The van der Waals surface area contributed by atoms with Crippen LogP contribution in [0.15, 0.2) is 42.6 Å². The Kier molecular flexibility index (Phi) is 6.85. The van der Waals surface area contributed by atoms with Gasteiger partial charge in [-0.05, 0) is 48.7 Å². The maximum absolute atomic E-state index is 13.5. The van der Waals surface area contributed by atoms with Gasteiger partial charge in [-0.15, -0.1) is 0 Å². The van der Waals surface area contributed by atoms with E-state index in [0.29, 0.717) is 64.4 Å². The molecule has 174 valence electrons. The van der Waals surface area contributed by atoms with E-state index in [-0.39, 0.29) is 18.4 Å². The van der Waals surface area contributed by atoms with E-state index >= 15 is 0 Å². The molecule has 2 amide bonds. The molecule has 4 rings (SSSR count). The number of benzene rings is 2. The van der Waals surface area contributed by atoms with Gasteiger partial charge >= 0.3 is 0 Å². The highest BCUT2D eigenvalue weighted by Crippen LogP contribution is 2.31. The van der Waals surface area contributed by atoms with E-state index in [1.807, 2.05) is 6.07 Å². The summed E-state index contributed by atoms with van der Waals surface area (Å²) in [6.07, 6.45) is 2.91. The average Bonchev–Trinajstić information content (AvgIpc) is 2.86. The van der Waals surface area contributed by atoms with Crippen LogP contribution in [0.25, 0.3) is 10.9 Å². The second-order valence-corrected chi connectivity index (χ2v) is 8.61. The van der Waals surface area contributed by atoms with Crippen molar-refractivity contribution in [1.82, 2.24) is 9.88 Å². The fourth-order valence-electron chi connectivity index (χ4n) is 4.19. The van der Waals surface area contributed by atoms with Gasteiger partial charge in [-0.2, -0.15) is 5.26 Å². The second kappa shape index (κ2) is 9.98. The van der Waals surface area contributed by atoms with Crippen molar-refractivity contribution < 1.29 is 14.3 Å². The number of anilines is 1. The molecule has 0 aliphatic carbocycles. The summed E-state index contributed by atoms with van der Waals surface area (Å²) in [6, 6.07) is 12.7. The first-order valence-electron chi connectivity index (χ1n) is 10.9. The molecule has 1 aliphatic heterocycles. The lowest BCUT2D eigenvalue weighted by molar-refractivity contribution is -0.123. The number of pyridine rings is 1. The number of methoxy groups -OCH3 is 1. The molecule has 3 aromatic rings. The summed E-state index contributed by atoms with van der Waals surface area (Å²) in [4.78, 5) is 31.3. The van der Waals surface area contributed by atoms with Crippen LogP contribution in [0.4, 0.5) is 5.69 Å². The maximum Gasteiger partial charge on any atom is 0.257 e. The van der Waals surface area contributed by atoms with Gasteiger partial charge in [0.2, 0.25) is 5.91 Å². The van der Waals surface area contributed by atoms with Crippen molar-refractivity contribution in [2.45, 2.75) is 19.4 Å². The SMILES string of the molecule is COc1ccc(CNc2c(C(=O)N3CCCC(C(N)=O)C3)cnc3ccc(C#N)cc23)cc1Cl. The Balaban J connectivity index is 1.72. The predicted octanol–water partition coefficient (Wildman–Crippen LogP) is 3.72. The minimum atomic E-state index is -0.400. The van der Waals surface area contributed by atoms with Crippen LogP contribution in [0.1, 0.15) is 34.3 Å². The van der Waals surface area contributed by atoms with Crippen LogP contribution in [0.2, 0.25) is 5.02 Å². The number of ether oxygens (including phenoxy) is 1. The van der Waals surface area contributed by atoms with Gasteiger partial charge in [0, 0.05) is 31.2 Å². The smallest absolute Gasteiger partial charge is 0.257 e. The minimum absolute atomic E-state index is 0.238. The Morgan fingerprint density at radius 1 is 1.32 bits per heavy atom. The Labute approximate surface area is 202 Å². The third-order valence-corrected chi connectivity index (χ3v) is 6.32. The molecular weight excluding hydrogens is 454 g/mol. The fourth-order valence-corrected chi connectivity index (χ4v) is 4.47. The molecule has 2 aromatic carbocycles. The van der Waals surface area contributed by atoms with Gasteiger partial charge < -0.3 is 20.7 Å². The van der Waals surface area contributed by atoms with Crippen molar-refractivity contribution in [2.75, 3.05) is 25.5 Å². The van der Waals surface area contributed by atoms with E-state index in [1.165, 1.54) is 6.20 Å². The van der Waals surface area contributed by atoms with E-state index in [2.05, 4.69) is 16.4 Å². The van der Waals surface area contributed by atoms with Crippen molar-refractivity contribution in [2.24, 2.45) is 11.7 Å². The number of carbonyl (C=O) groups is 2. The van der Waals surface area contributed by atoms with E-state index in [4.69, 9.17) is 22.1 Å². The second-order valence-electron chi connectivity index (χ2n) is 8.21. The van der Waals surface area contributed by atoms with Gasteiger partial charge in [-0.25, -0.2) is 0 Å². The minimum Gasteiger partial charge on any atom is -0.495 e. The number of carbonyl (C=O) groups excluding carboxylic acids is 2. The lowest BCUT2D eigenvalue weighted by Gasteiger charge is -2.31. The van der Waals surface area contributed by atoms with Gasteiger partial charge in [-0.1, -0.05) is 17.7 Å². The van der Waals surface area contributed by atoms with Crippen LogP contribution >= 0.6 is 11.6 Å². The van der Waals surface area contributed by atoms with Crippen LogP contribution in [-0.4, -0.2) is 41.9 Å². The molecule has 1 unspecified atom stereocenters. The highest BCUT2D eigenvalue weighted by atomic mass is 35.5. The van der Waals surface area contributed by atoms with Crippen LogP contribution in [0.5, 0.6) is 5.75 Å². The molecule has 1 atom stereocenters. The summed E-state index contributed by atoms with van der Waals surface area (Å²) < 4.78 is 5.21. The molecule has 2 heterocycles. The zero-order chi connectivity index (χ0) is 24.2. The maximum atomic E-state index is 13.5. The van der Waals surface area contributed by atoms with Crippen LogP contribution in [-0.2, 0) is 11.3 Å². The molecule has 34 heavy (non-hydrogen) atoms. The first kappa shape index (κ1) is 23.3. The number of primary amides is 1. The van der Waals surface area contributed by atoms with Crippen molar-refractivity contribution in [1.29, 1.82) is 5.26 Å². The van der Waals surface area contributed by atoms with Crippen LogP contribution in [0, 0.1) is 17.2 Å². The standard InChI is InChI=1S/C25H24ClN5O3/c1-34-22-7-5-16(10-20(22)26)12-30-23-18-9-15(11-27)4-6-21(18)29-13-19(23)25(33)31-8-2-3-17(14-31)24(28)32/h4-7,9-10,13,17H,2-3,8,12,14H2,1H3,(H2,28,32)(H,29,30). The summed E-state index contributed by atoms with van der Waals surface area (Å²) in [5, 5.41) is 13.9. The zero-order valence-corrected chi connectivity index (χ0v) is 19.4. The number of fused-ring (bicyclic) bond motifs is 1. The molecule has 0 radical (unpaired) electrons. The molecule has 0 bridgehead atoms. The highest BCUT2D eigenvalue weighted by Gasteiger charge is 2.29. The van der Waals surface area contributed by atoms with Crippen molar-refractivity contribution in [3.8, 4) is 11.8 Å². The first-order chi connectivity index (χ1) is 16.4. The quantitative estimate of drug-likeness (QED) is 0.558. The largest absolute Gasteiger partial charge is 0.495 e. The summed E-state index contributed by atoms with van der Waals surface area (Å²) >= 11 is 6.27. The van der Waals surface area contributed by atoms with Gasteiger partial charge in [-0.3, -0.25) is 14.6 Å². The summed E-state index contributed by atoms with van der Waals surface area (Å²) in [5.74, 6) is -0.432. The highest BCUT2D eigenvalue weighted by molar-refractivity contribution is 6.32. The molecule has 8 nitrogen and oxygen atoms in total. The number of hydrogen-bond acceptors (Lipinski definition) is 6. The number of nitrogens with zero attached hydrogens (tertiary/aromatic N) is 3. The number of likely N-dealkylation sites (tertiary alicyclic amines) is 1. The Morgan fingerprint density at radius 2 is 2.15 bits per heavy atom. The number of amides is 2. The van der Waals surface area contributed by atoms with Crippen molar-refractivity contribution in [3.05, 3.63) is 64.3 Å². The van der Waals surface area contributed by atoms with Crippen molar-refractivity contribution in [3.63, 3.8) is 0 Å². The normalized spacial score (nSPS) is 15.6. The zero-order valence-electron chi connectivity index (χ0n) is 18.7. The molecule has 1 aromatic heterocycles. The fraction of sp³-hybridized carbons (Fsp3) is 0.280. The number of piperidine rings is 1. The molecule has 9 heteroatoms. The number of halogens is 1. The van der Waals surface area contributed by atoms with Gasteiger partial charge in [0.1, 0.15) is 5.75 Å². The molecule has 0 saturated carbocycles. The van der Waals surface area contributed by atoms with E-state index in [1.54, 1.807) is 42.3 Å². The molecular formula is C25H24ClN5O3. The lowest BCUT2D eigenvalue weighted by Crippen LogP contribution is -2.44. The summed E-state index contributed by atoms with van der Waals surface area (Å²) in [6.45, 7) is 1.19. The third kappa shape index (κ3) is 4.75. The Morgan fingerprint density at radius 3 is 2.85 bits per heavy atom. The van der Waals surface area contributed by atoms with Gasteiger partial charge in [0.15, 0.2) is 0 Å². The lowest BCUT2D eigenvalue weighted by atomic mass is 9.96.